The third kappa shape index (κ3) is 3.52. The van der Waals surface area contributed by atoms with Gasteiger partial charge in [-0.2, -0.15) is 5.10 Å². The third-order valence-corrected chi connectivity index (χ3v) is 4.15. The SMILES string of the molecule is CCOC(=O)c1cccnc1N1CC[C@H](Cc2cnn(C)c2)C1. The van der Waals surface area contributed by atoms with Gasteiger partial charge in [0.05, 0.1) is 12.8 Å². The molecule has 0 aromatic carbocycles. The molecule has 1 atom stereocenters. The lowest BCUT2D eigenvalue weighted by Gasteiger charge is -2.20. The summed E-state index contributed by atoms with van der Waals surface area (Å²) in [7, 11) is 1.93. The Morgan fingerprint density at radius 2 is 2.35 bits per heavy atom. The van der Waals surface area contributed by atoms with Gasteiger partial charge in [0.2, 0.25) is 0 Å². The molecule has 1 fully saturated rings. The summed E-state index contributed by atoms with van der Waals surface area (Å²) >= 11 is 0. The quantitative estimate of drug-likeness (QED) is 0.791. The molecule has 6 heteroatoms. The van der Waals surface area contributed by atoms with Crippen molar-refractivity contribution in [2.75, 3.05) is 24.6 Å². The van der Waals surface area contributed by atoms with Gasteiger partial charge in [-0.3, -0.25) is 4.68 Å². The van der Waals surface area contributed by atoms with Crippen LogP contribution in [0.2, 0.25) is 0 Å². The van der Waals surface area contributed by atoms with Crippen LogP contribution in [0.15, 0.2) is 30.7 Å². The average Bonchev–Trinajstić information content (AvgIpc) is 3.17. The highest BCUT2D eigenvalue weighted by molar-refractivity contribution is 5.94. The van der Waals surface area contributed by atoms with E-state index in [4.69, 9.17) is 4.74 Å². The largest absolute Gasteiger partial charge is 0.462 e. The van der Waals surface area contributed by atoms with Gasteiger partial charge in [-0.1, -0.05) is 0 Å². The van der Waals surface area contributed by atoms with Crippen molar-refractivity contribution < 1.29 is 9.53 Å². The number of carbonyl (C=O) groups excluding carboxylic acids is 1. The molecule has 0 aliphatic carbocycles. The highest BCUT2D eigenvalue weighted by Crippen LogP contribution is 2.27. The summed E-state index contributed by atoms with van der Waals surface area (Å²) in [5.74, 6) is 0.988. The Balaban J connectivity index is 1.70. The maximum absolute atomic E-state index is 12.1. The number of carbonyl (C=O) groups is 1. The van der Waals surface area contributed by atoms with E-state index in [9.17, 15) is 4.79 Å². The Kier molecular flexibility index (Phi) is 4.60. The number of nitrogens with zero attached hydrogens (tertiary/aromatic N) is 4. The molecule has 0 bridgehead atoms. The van der Waals surface area contributed by atoms with Crippen LogP contribution in [-0.4, -0.2) is 40.4 Å². The van der Waals surface area contributed by atoms with E-state index < -0.39 is 0 Å². The summed E-state index contributed by atoms with van der Waals surface area (Å²) in [4.78, 5) is 18.7. The van der Waals surface area contributed by atoms with Crippen molar-refractivity contribution in [1.29, 1.82) is 0 Å². The lowest BCUT2D eigenvalue weighted by molar-refractivity contribution is 0.0526. The predicted molar refractivity (Wildman–Crippen MR) is 87.4 cm³/mol. The highest BCUT2D eigenvalue weighted by Gasteiger charge is 2.27. The molecule has 3 heterocycles. The topological polar surface area (TPSA) is 60.2 Å². The van der Waals surface area contributed by atoms with Crippen LogP contribution in [0, 0.1) is 5.92 Å². The maximum Gasteiger partial charge on any atom is 0.341 e. The first-order valence-electron chi connectivity index (χ1n) is 8.02. The van der Waals surface area contributed by atoms with E-state index >= 15 is 0 Å². The lowest BCUT2D eigenvalue weighted by atomic mass is 10.0. The van der Waals surface area contributed by atoms with Gasteiger partial charge in [-0.05, 0) is 43.4 Å². The minimum Gasteiger partial charge on any atom is -0.462 e. The van der Waals surface area contributed by atoms with Gasteiger partial charge >= 0.3 is 5.97 Å². The van der Waals surface area contributed by atoms with Crippen LogP contribution in [0.25, 0.3) is 0 Å². The molecule has 1 aliphatic rings. The number of anilines is 1. The number of pyridine rings is 1. The van der Waals surface area contributed by atoms with E-state index in [1.807, 2.05) is 24.9 Å². The first-order chi connectivity index (χ1) is 11.2. The number of hydrogen-bond acceptors (Lipinski definition) is 5. The Morgan fingerprint density at radius 1 is 1.48 bits per heavy atom. The predicted octanol–water partition coefficient (Wildman–Crippen LogP) is 2.06. The Bertz CT molecular complexity index is 683. The number of hydrogen-bond donors (Lipinski definition) is 0. The maximum atomic E-state index is 12.1. The molecular formula is C17H22N4O2. The molecule has 0 radical (unpaired) electrons. The van der Waals surface area contributed by atoms with Crippen molar-refractivity contribution in [2.24, 2.45) is 13.0 Å². The molecular weight excluding hydrogens is 292 g/mol. The van der Waals surface area contributed by atoms with E-state index in [1.165, 1.54) is 5.56 Å². The normalized spacial score (nSPS) is 17.5. The molecule has 2 aromatic heterocycles. The molecule has 0 spiro atoms. The van der Waals surface area contributed by atoms with Crippen LogP contribution < -0.4 is 4.90 Å². The van der Waals surface area contributed by atoms with E-state index in [-0.39, 0.29) is 5.97 Å². The monoisotopic (exact) mass is 314 g/mol. The number of rotatable bonds is 5. The molecule has 2 aromatic rings. The van der Waals surface area contributed by atoms with E-state index in [2.05, 4.69) is 21.2 Å². The molecule has 1 saturated heterocycles. The molecule has 122 valence electrons. The smallest absolute Gasteiger partial charge is 0.341 e. The number of ether oxygens (including phenoxy) is 1. The number of aromatic nitrogens is 3. The Hall–Kier alpha value is -2.37. The van der Waals surface area contributed by atoms with Gasteiger partial charge in [-0.15, -0.1) is 0 Å². The van der Waals surface area contributed by atoms with Gasteiger partial charge in [0, 0.05) is 32.5 Å². The fourth-order valence-electron chi connectivity index (χ4n) is 3.12. The van der Waals surface area contributed by atoms with Gasteiger partial charge in [0.15, 0.2) is 0 Å². The van der Waals surface area contributed by atoms with Crippen LogP contribution >= 0.6 is 0 Å². The second-order valence-electron chi connectivity index (χ2n) is 5.92. The summed E-state index contributed by atoms with van der Waals surface area (Å²) in [6.45, 7) is 4.00. The van der Waals surface area contributed by atoms with Gasteiger partial charge < -0.3 is 9.64 Å². The second kappa shape index (κ2) is 6.81. The average molecular weight is 314 g/mol. The first kappa shape index (κ1) is 15.5. The summed E-state index contributed by atoms with van der Waals surface area (Å²) in [6.07, 6.45) is 7.81. The van der Waals surface area contributed by atoms with E-state index in [0.29, 0.717) is 18.1 Å². The van der Waals surface area contributed by atoms with E-state index in [1.54, 1.807) is 18.3 Å². The van der Waals surface area contributed by atoms with Crippen molar-refractivity contribution in [2.45, 2.75) is 19.8 Å². The molecule has 0 amide bonds. The molecule has 3 rings (SSSR count). The summed E-state index contributed by atoms with van der Waals surface area (Å²) < 4.78 is 6.97. The molecule has 1 aliphatic heterocycles. The molecule has 0 unspecified atom stereocenters. The number of aryl methyl sites for hydroxylation is 1. The molecule has 0 N–H and O–H groups in total. The molecule has 6 nitrogen and oxygen atoms in total. The zero-order chi connectivity index (χ0) is 16.2. The van der Waals surface area contributed by atoms with Crippen LogP contribution in [0.4, 0.5) is 5.82 Å². The van der Waals surface area contributed by atoms with Gasteiger partial charge in [0.25, 0.3) is 0 Å². The van der Waals surface area contributed by atoms with Crippen molar-refractivity contribution in [3.63, 3.8) is 0 Å². The summed E-state index contributed by atoms with van der Waals surface area (Å²) in [5.41, 5.74) is 1.81. The van der Waals surface area contributed by atoms with Crippen molar-refractivity contribution >= 4 is 11.8 Å². The zero-order valence-electron chi connectivity index (χ0n) is 13.6. The van der Waals surface area contributed by atoms with Crippen LogP contribution in [0.1, 0.15) is 29.3 Å². The molecule has 23 heavy (non-hydrogen) atoms. The second-order valence-corrected chi connectivity index (χ2v) is 5.92. The fourth-order valence-corrected chi connectivity index (χ4v) is 3.12. The molecule has 0 saturated carbocycles. The van der Waals surface area contributed by atoms with Crippen molar-refractivity contribution in [3.05, 3.63) is 41.9 Å². The Morgan fingerprint density at radius 3 is 3.09 bits per heavy atom. The van der Waals surface area contributed by atoms with Gasteiger partial charge in [-0.25, -0.2) is 9.78 Å². The third-order valence-electron chi connectivity index (χ3n) is 4.15. The standard InChI is InChI=1S/C17H22N4O2/c1-3-23-17(22)15-5-4-7-18-16(15)21-8-6-13(12-21)9-14-10-19-20(2)11-14/h4-5,7,10-11,13H,3,6,8-9,12H2,1-2H3/t13-/m1/s1. The van der Waals surface area contributed by atoms with Crippen LogP contribution in [-0.2, 0) is 18.2 Å². The number of esters is 1. The van der Waals surface area contributed by atoms with Crippen LogP contribution in [0.5, 0.6) is 0 Å². The fraction of sp³-hybridized carbons (Fsp3) is 0.471. The minimum atomic E-state index is -0.300. The minimum absolute atomic E-state index is 0.300. The summed E-state index contributed by atoms with van der Waals surface area (Å²) in [5, 5.41) is 4.22. The first-order valence-corrected chi connectivity index (χ1v) is 8.02. The zero-order valence-corrected chi connectivity index (χ0v) is 13.6. The highest BCUT2D eigenvalue weighted by atomic mass is 16.5. The van der Waals surface area contributed by atoms with E-state index in [0.717, 1.165) is 31.7 Å². The van der Waals surface area contributed by atoms with Gasteiger partial charge in [0.1, 0.15) is 11.4 Å². The Labute approximate surface area is 136 Å². The van der Waals surface area contributed by atoms with Crippen molar-refractivity contribution in [3.8, 4) is 0 Å². The van der Waals surface area contributed by atoms with Crippen LogP contribution in [0.3, 0.4) is 0 Å². The lowest BCUT2D eigenvalue weighted by Crippen LogP contribution is -2.24. The summed E-state index contributed by atoms with van der Waals surface area (Å²) in [6, 6.07) is 3.56. The van der Waals surface area contributed by atoms with Crippen molar-refractivity contribution in [1.82, 2.24) is 14.8 Å².